The zero-order valence-corrected chi connectivity index (χ0v) is 12.9. The molecule has 0 bridgehead atoms. The molecule has 1 aliphatic carbocycles. The number of hydrogen-bond donors (Lipinski definition) is 1. The van der Waals surface area contributed by atoms with E-state index in [1.165, 1.54) is 12.8 Å². The fourth-order valence-corrected chi connectivity index (χ4v) is 2.42. The first-order chi connectivity index (χ1) is 11.3. The molecular formula is C18H17N5. The minimum absolute atomic E-state index is 0.553. The van der Waals surface area contributed by atoms with Crippen LogP contribution in [0.3, 0.4) is 0 Å². The maximum atomic E-state index is 4.58. The zero-order chi connectivity index (χ0) is 15.6. The molecule has 0 saturated heterocycles. The Kier molecular flexibility index (Phi) is 3.46. The topological polar surface area (TPSA) is 63.6 Å². The van der Waals surface area contributed by atoms with Gasteiger partial charge in [0.05, 0.1) is 0 Å². The maximum absolute atomic E-state index is 4.58. The number of hydrogen-bond acceptors (Lipinski definition) is 5. The van der Waals surface area contributed by atoms with Gasteiger partial charge in [-0.25, -0.2) is 19.9 Å². The average molecular weight is 303 g/mol. The Morgan fingerprint density at radius 1 is 0.913 bits per heavy atom. The second-order valence-corrected chi connectivity index (χ2v) is 5.80. The highest BCUT2D eigenvalue weighted by Crippen LogP contribution is 2.38. The van der Waals surface area contributed by atoms with Gasteiger partial charge >= 0.3 is 0 Å². The number of rotatable bonds is 4. The third kappa shape index (κ3) is 3.18. The second-order valence-electron chi connectivity index (χ2n) is 5.80. The number of aryl methyl sites for hydroxylation is 1. The lowest BCUT2D eigenvalue weighted by molar-refractivity contribution is 0.930. The Labute approximate surface area is 134 Å². The highest BCUT2D eigenvalue weighted by Gasteiger charge is 2.26. The molecule has 114 valence electrons. The molecule has 0 spiro atoms. The molecule has 0 unspecified atom stereocenters. The minimum atomic E-state index is 0.553. The first-order valence-corrected chi connectivity index (χ1v) is 7.78. The van der Waals surface area contributed by atoms with Gasteiger partial charge < -0.3 is 5.32 Å². The predicted molar refractivity (Wildman–Crippen MR) is 89.5 cm³/mol. The molecule has 2 aromatic heterocycles. The molecule has 1 fully saturated rings. The molecule has 23 heavy (non-hydrogen) atoms. The molecule has 3 aromatic rings. The molecule has 0 atom stereocenters. The zero-order valence-electron chi connectivity index (χ0n) is 12.9. The lowest BCUT2D eigenvalue weighted by Gasteiger charge is -2.07. The van der Waals surface area contributed by atoms with Crippen molar-refractivity contribution in [2.24, 2.45) is 0 Å². The molecule has 0 amide bonds. The molecule has 0 radical (unpaired) electrons. The van der Waals surface area contributed by atoms with Gasteiger partial charge in [-0.1, -0.05) is 0 Å². The van der Waals surface area contributed by atoms with Crippen LogP contribution < -0.4 is 5.32 Å². The Balaban J connectivity index is 1.53. The van der Waals surface area contributed by atoms with Crippen molar-refractivity contribution in [1.82, 2.24) is 19.9 Å². The van der Waals surface area contributed by atoms with Gasteiger partial charge in [0.2, 0.25) is 0 Å². The predicted octanol–water partition coefficient (Wildman–Crippen LogP) is 3.86. The van der Waals surface area contributed by atoms with Crippen LogP contribution in [0.25, 0.3) is 11.4 Å². The fourth-order valence-electron chi connectivity index (χ4n) is 2.42. The molecule has 4 rings (SSSR count). The molecule has 1 saturated carbocycles. The summed E-state index contributed by atoms with van der Waals surface area (Å²) in [5.74, 6) is 3.08. The summed E-state index contributed by atoms with van der Waals surface area (Å²) in [5, 5.41) is 3.33. The first-order valence-electron chi connectivity index (χ1n) is 7.78. The van der Waals surface area contributed by atoms with E-state index in [2.05, 4.69) is 25.3 Å². The summed E-state index contributed by atoms with van der Waals surface area (Å²) in [6, 6.07) is 11.8. The summed E-state index contributed by atoms with van der Waals surface area (Å²) in [4.78, 5) is 17.7. The summed E-state index contributed by atoms with van der Waals surface area (Å²) in [7, 11) is 0. The van der Waals surface area contributed by atoms with Gasteiger partial charge in [0.1, 0.15) is 11.6 Å². The monoisotopic (exact) mass is 303 g/mol. The van der Waals surface area contributed by atoms with Crippen LogP contribution in [0.1, 0.15) is 30.3 Å². The van der Waals surface area contributed by atoms with Crippen molar-refractivity contribution in [2.45, 2.75) is 25.7 Å². The first kappa shape index (κ1) is 13.8. The molecule has 1 N–H and O–H groups in total. The Morgan fingerprint density at radius 3 is 2.43 bits per heavy atom. The third-order valence-corrected chi connectivity index (χ3v) is 3.83. The van der Waals surface area contributed by atoms with Crippen LogP contribution in [0.15, 0.2) is 48.8 Å². The quantitative estimate of drug-likeness (QED) is 0.793. The van der Waals surface area contributed by atoms with Gasteiger partial charge in [0, 0.05) is 35.3 Å². The van der Waals surface area contributed by atoms with Crippen LogP contribution in [0, 0.1) is 6.92 Å². The molecule has 1 aliphatic rings. The standard InChI is InChI=1S/C18H17N5/c1-12-8-10-19-17(21-12)14-4-6-15(7-5-14)22-16-9-11-20-18(23-16)13-2-3-13/h4-11,13H,2-3H2,1H3,(H,20,22,23). The van der Waals surface area contributed by atoms with Gasteiger partial charge in [-0.2, -0.15) is 0 Å². The van der Waals surface area contributed by atoms with Crippen LogP contribution in [-0.2, 0) is 0 Å². The van der Waals surface area contributed by atoms with Gasteiger partial charge in [-0.15, -0.1) is 0 Å². The fraction of sp³-hybridized carbons (Fsp3) is 0.222. The highest BCUT2D eigenvalue weighted by molar-refractivity contribution is 5.63. The summed E-state index contributed by atoms with van der Waals surface area (Å²) in [6.07, 6.45) is 6.01. The van der Waals surface area contributed by atoms with Crippen LogP contribution >= 0.6 is 0 Å². The summed E-state index contributed by atoms with van der Waals surface area (Å²) in [6.45, 7) is 1.97. The lowest BCUT2D eigenvalue weighted by atomic mass is 10.2. The van der Waals surface area contributed by atoms with E-state index < -0.39 is 0 Å². The SMILES string of the molecule is Cc1ccnc(-c2ccc(Nc3ccnc(C4CC4)n3)cc2)n1. The van der Waals surface area contributed by atoms with Gasteiger partial charge in [-0.05, 0) is 56.2 Å². The number of aromatic nitrogens is 4. The Bertz CT molecular complexity index is 825. The van der Waals surface area contributed by atoms with Gasteiger partial charge in [0.15, 0.2) is 5.82 Å². The number of benzene rings is 1. The molecule has 5 heteroatoms. The molecule has 2 heterocycles. The van der Waals surface area contributed by atoms with Crippen molar-refractivity contribution in [3.63, 3.8) is 0 Å². The normalized spacial score (nSPS) is 13.8. The Hall–Kier alpha value is -2.82. The molecule has 0 aliphatic heterocycles. The molecule has 5 nitrogen and oxygen atoms in total. The van der Waals surface area contributed by atoms with Crippen LogP contribution in [-0.4, -0.2) is 19.9 Å². The van der Waals surface area contributed by atoms with Crippen LogP contribution in [0.2, 0.25) is 0 Å². The molecule has 1 aromatic carbocycles. The van der Waals surface area contributed by atoms with Gasteiger partial charge in [-0.3, -0.25) is 0 Å². The van der Waals surface area contributed by atoms with Crippen molar-refractivity contribution in [2.75, 3.05) is 5.32 Å². The van der Waals surface area contributed by atoms with Crippen molar-refractivity contribution in [3.05, 3.63) is 60.3 Å². The van der Waals surface area contributed by atoms with Crippen LogP contribution in [0.4, 0.5) is 11.5 Å². The molecular weight excluding hydrogens is 286 g/mol. The summed E-state index contributed by atoms with van der Waals surface area (Å²) in [5.41, 5.74) is 2.95. The van der Waals surface area contributed by atoms with Crippen molar-refractivity contribution < 1.29 is 0 Å². The minimum Gasteiger partial charge on any atom is -0.340 e. The van der Waals surface area contributed by atoms with E-state index in [0.29, 0.717) is 5.92 Å². The third-order valence-electron chi connectivity index (χ3n) is 3.83. The van der Waals surface area contributed by atoms with Crippen molar-refractivity contribution in [1.29, 1.82) is 0 Å². The van der Waals surface area contributed by atoms with E-state index in [4.69, 9.17) is 0 Å². The number of anilines is 2. The Morgan fingerprint density at radius 2 is 1.70 bits per heavy atom. The van der Waals surface area contributed by atoms with Crippen LogP contribution in [0.5, 0.6) is 0 Å². The summed E-state index contributed by atoms with van der Waals surface area (Å²) >= 11 is 0. The van der Waals surface area contributed by atoms with Crippen molar-refractivity contribution in [3.8, 4) is 11.4 Å². The number of nitrogens with one attached hydrogen (secondary N) is 1. The lowest BCUT2D eigenvalue weighted by Crippen LogP contribution is -1.98. The maximum Gasteiger partial charge on any atom is 0.159 e. The largest absolute Gasteiger partial charge is 0.340 e. The smallest absolute Gasteiger partial charge is 0.159 e. The van der Waals surface area contributed by atoms with E-state index in [9.17, 15) is 0 Å². The van der Waals surface area contributed by atoms with E-state index in [0.717, 1.165) is 34.4 Å². The second kappa shape index (κ2) is 5.76. The summed E-state index contributed by atoms with van der Waals surface area (Å²) < 4.78 is 0. The van der Waals surface area contributed by atoms with Gasteiger partial charge in [0.25, 0.3) is 0 Å². The van der Waals surface area contributed by atoms with E-state index >= 15 is 0 Å². The van der Waals surface area contributed by atoms with Crippen molar-refractivity contribution >= 4 is 11.5 Å². The number of nitrogens with zero attached hydrogens (tertiary/aromatic N) is 4. The van der Waals surface area contributed by atoms with E-state index in [-0.39, 0.29) is 0 Å². The van der Waals surface area contributed by atoms with E-state index in [1.807, 2.05) is 49.5 Å². The van der Waals surface area contributed by atoms with E-state index in [1.54, 1.807) is 6.20 Å². The average Bonchev–Trinajstić information content (AvgIpc) is 3.41. The highest BCUT2D eigenvalue weighted by atomic mass is 15.0.